The fourth-order valence-electron chi connectivity index (χ4n) is 3.03. The highest BCUT2D eigenvalue weighted by atomic mass is 32.2. The molecule has 32 heavy (non-hydrogen) atoms. The van der Waals surface area contributed by atoms with Gasteiger partial charge < -0.3 is 10.1 Å². The van der Waals surface area contributed by atoms with Gasteiger partial charge in [-0.3, -0.25) is 19.2 Å². The van der Waals surface area contributed by atoms with Crippen molar-refractivity contribution in [1.82, 2.24) is 0 Å². The SMILES string of the molecule is COCc1cccc(NC(=O)CN(c2cccc([N+](=O)[O-])c2)S(=O)(=O)c2ccccc2)c1. The summed E-state index contributed by atoms with van der Waals surface area (Å²) in [7, 11) is -2.62. The molecule has 0 aliphatic heterocycles. The van der Waals surface area contributed by atoms with Gasteiger partial charge in [0.2, 0.25) is 5.91 Å². The maximum Gasteiger partial charge on any atom is 0.271 e. The van der Waals surface area contributed by atoms with Crippen LogP contribution in [0.1, 0.15) is 5.56 Å². The third kappa shape index (κ3) is 5.48. The molecule has 0 fully saturated rings. The van der Waals surface area contributed by atoms with Crippen LogP contribution in [0.5, 0.6) is 0 Å². The maximum atomic E-state index is 13.3. The molecule has 1 amide bonds. The molecule has 0 atom stereocenters. The van der Waals surface area contributed by atoms with E-state index < -0.39 is 27.4 Å². The zero-order valence-electron chi connectivity index (χ0n) is 17.2. The summed E-state index contributed by atoms with van der Waals surface area (Å²) in [6, 6.07) is 19.6. The lowest BCUT2D eigenvalue weighted by Gasteiger charge is -2.24. The van der Waals surface area contributed by atoms with Gasteiger partial charge in [-0.2, -0.15) is 0 Å². The predicted molar refractivity (Wildman–Crippen MR) is 120 cm³/mol. The number of nitrogens with zero attached hydrogens (tertiary/aromatic N) is 2. The number of nitro groups is 1. The molecule has 0 aliphatic rings. The number of amides is 1. The number of non-ortho nitro benzene ring substituents is 1. The molecule has 3 aromatic carbocycles. The molecule has 0 unspecified atom stereocenters. The lowest BCUT2D eigenvalue weighted by atomic mass is 10.2. The lowest BCUT2D eigenvalue weighted by Crippen LogP contribution is -2.38. The van der Waals surface area contributed by atoms with Crippen molar-refractivity contribution >= 4 is 33.0 Å². The van der Waals surface area contributed by atoms with Gasteiger partial charge in [0.15, 0.2) is 0 Å². The van der Waals surface area contributed by atoms with E-state index in [9.17, 15) is 23.3 Å². The van der Waals surface area contributed by atoms with Crippen LogP contribution >= 0.6 is 0 Å². The molecule has 0 aromatic heterocycles. The van der Waals surface area contributed by atoms with Crippen molar-refractivity contribution in [1.29, 1.82) is 0 Å². The van der Waals surface area contributed by atoms with Gasteiger partial charge in [0.05, 0.1) is 22.1 Å². The molecule has 3 rings (SSSR count). The van der Waals surface area contributed by atoms with E-state index in [1.807, 2.05) is 6.07 Å². The first kappa shape index (κ1) is 22.9. The molecule has 3 aromatic rings. The Labute approximate surface area is 185 Å². The van der Waals surface area contributed by atoms with Gasteiger partial charge in [-0.25, -0.2) is 8.42 Å². The fourth-order valence-corrected chi connectivity index (χ4v) is 4.47. The number of methoxy groups -OCH3 is 1. The molecular weight excluding hydrogens is 434 g/mol. The van der Waals surface area contributed by atoms with Gasteiger partial charge >= 0.3 is 0 Å². The first-order valence-corrected chi connectivity index (χ1v) is 11.0. The van der Waals surface area contributed by atoms with E-state index in [1.165, 1.54) is 30.3 Å². The third-order valence-electron chi connectivity index (χ3n) is 4.47. The number of carbonyl (C=O) groups is 1. The number of anilines is 2. The lowest BCUT2D eigenvalue weighted by molar-refractivity contribution is -0.384. The van der Waals surface area contributed by atoms with Crippen molar-refractivity contribution in [3.63, 3.8) is 0 Å². The molecule has 0 saturated carbocycles. The van der Waals surface area contributed by atoms with E-state index in [1.54, 1.807) is 43.5 Å². The van der Waals surface area contributed by atoms with E-state index in [0.717, 1.165) is 15.9 Å². The third-order valence-corrected chi connectivity index (χ3v) is 6.26. The Balaban J connectivity index is 1.94. The number of nitro benzene ring substituents is 1. The summed E-state index contributed by atoms with van der Waals surface area (Å²) >= 11 is 0. The first-order chi connectivity index (χ1) is 15.3. The van der Waals surface area contributed by atoms with E-state index >= 15 is 0 Å². The maximum absolute atomic E-state index is 13.3. The van der Waals surface area contributed by atoms with Crippen molar-refractivity contribution in [3.8, 4) is 0 Å². The van der Waals surface area contributed by atoms with Crippen LogP contribution in [-0.4, -0.2) is 32.9 Å². The second-order valence-electron chi connectivity index (χ2n) is 6.78. The summed E-state index contributed by atoms with van der Waals surface area (Å²) in [6.07, 6.45) is 0. The largest absolute Gasteiger partial charge is 0.380 e. The van der Waals surface area contributed by atoms with Crippen molar-refractivity contribution in [3.05, 3.63) is 94.5 Å². The van der Waals surface area contributed by atoms with Crippen LogP contribution in [0.3, 0.4) is 0 Å². The molecule has 0 saturated heterocycles. The van der Waals surface area contributed by atoms with Crippen LogP contribution in [0, 0.1) is 10.1 Å². The van der Waals surface area contributed by atoms with E-state index in [-0.39, 0.29) is 16.3 Å². The first-order valence-electron chi connectivity index (χ1n) is 9.51. The molecule has 10 heteroatoms. The van der Waals surface area contributed by atoms with Gasteiger partial charge in [-0.15, -0.1) is 0 Å². The minimum Gasteiger partial charge on any atom is -0.380 e. The van der Waals surface area contributed by atoms with Gasteiger partial charge in [-0.1, -0.05) is 36.4 Å². The number of rotatable bonds is 9. The van der Waals surface area contributed by atoms with Gasteiger partial charge in [-0.05, 0) is 35.9 Å². The molecule has 0 bridgehead atoms. The average Bonchev–Trinajstić information content (AvgIpc) is 2.78. The second kappa shape index (κ2) is 10.0. The number of hydrogen-bond acceptors (Lipinski definition) is 6. The summed E-state index contributed by atoms with van der Waals surface area (Å²) in [4.78, 5) is 23.3. The second-order valence-corrected chi connectivity index (χ2v) is 8.65. The van der Waals surface area contributed by atoms with Crippen molar-refractivity contribution in [2.75, 3.05) is 23.3 Å². The van der Waals surface area contributed by atoms with Crippen LogP contribution < -0.4 is 9.62 Å². The van der Waals surface area contributed by atoms with Crippen LogP contribution in [0.2, 0.25) is 0 Å². The number of sulfonamides is 1. The number of nitrogens with one attached hydrogen (secondary N) is 1. The number of ether oxygens (including phenoxy) is 1. The predicted octanol–water partition coefficient (Wildman–Crippen LogP) is 3.58. The van der Waals surface area contributed by atoms with E-state index in [2.05, 4.69) is 5.32 Å². The molecule has 0 heterocycles. The molecule has 1 N–H and O–H groups in total. The number of carbonyl (C=O) groups excluding carboxylic acids is 1. The quantitative estimate of drug-likeness (QED) is 0.389. The normalized spacial score (nSPS) is 11.0. The monoisotopic (exact) mass is 455 g/mol. The van der Waals surface area contributed by atoms with E-state index in [4.69, 9.17) is 4.74 Å². The standard InChI is InChI=1S/C22H21N3O6S/c1-31-16-17-7-5-8-18(13-17)23-22(26)15-24(19-9-6-10-20(14-19)25(27)28)32(29,30)21-11-3-2-4-12-21/h2-14H,15-16H2,1H3,(H,23,26). The highest BCUT2D eigenvalue weighted by Crippen LogP contribution is 2.27. The van der Waals surface area contributed by atoms with Gasteiger partial charge in [0.25, 0.3) is 15.7 Å². The molecule has 0 spiro atoms. The van der Waals surface area contributed by atoms with Gasteiger partial charge in [0.1, 0.15) is 6.54 Å². The molecule has 0 radical (unpaired) electrons. The van der Waals surface area contributed by atoms with Gasteiger partial charge in [0, 0.05) is 24.9 Å². The topological polar surface area (TPSA) is 119 Å². The van der Waals surface area contributed by atoms with Crippen LogP contribution in [0.25, 0.3) is 0 Å². The Hall–Kier alpha value is -3.76. The minimum absolute atomic E-state index is 0.00587. The summed E-state index contributed by atoms with van der Waals surface area (Å²) in [5, 5.41) is 13.9. The van der Waals surface area contributed by atoms with E-state index in [0.29, 0.717) is 12.3 Å². The summed E-state index contributed by atoms with van der Waals surface area (Å²) in [5.41, 5.74) is 1.02. The Bertz CT molecular complexity index is 1220. The fraction of sp³-hybridized carbons (Fsp3) is 0.136. The Kier molecular flexibility index (Phi) is 7.18. The Morgan fingerprint density at radius 2 is 1.75 bits per heavy atom. The molecular formula is C22H21N3O6S. The molecule has 9 nitrogen and oxygen atoms in total. The van der Waals surface area contributed by atoms with Crippen LogP contribution in [-0.2, 0) is 26.2 Å². The van der Waals surface area contributed by atoms with Crippen molar-refractivity contribution in [2.24, 2.45) is 0 Å². The molecule has 166 valence electrons. The average molecular weight is 455 g/mol. The summed E-state index contributed by atoms with van der Waals surface area (Å²) in [5.74, 6) is -0.606. The highest BCUT2D eigenvalue weighted by Gasteiger charge is 2.28. The molecule has 0 aliphatic carbocycles. The zero-order valence-corrected chi connectivity index (χ0v) is 18.0. The Morgan fingerprint density at radius 3 is 2.44 bits per heavy atom. The van der Waals surface area contributed by atoms with Crippen LogP contribution in [0.4, 0.5) is 17.1 Å². The van der Waals surface area contributed by atoms with Crippen molar-refractivity contribution < 1.29 is 22.9 Å². The van der Waals surface area contributed by atoms with Crippen molar-refractivity contribution in [2.45, 2.75) is 11.5 Å². The smallest absolute Gasteiger partial charge is 0.271 e. The summed E-state index contributed by atoms with van der Waals surface area (Å²) < 4.78 is 32.5. The zero-order chi connectivity index (χ0) is 23.1. The minimum atomic E-state index is -4.17. The summed E-state index contributed by atoms with van der Waals surface area (Å²) in [6.45, 7) is -0.223. The Morgan fingerprint density at radius 1 is 1.03 bits per heavy atom. The highest BCUT2D eigenvalue weighted by molar-refractivity contribution is 7.92. The van der Waals surface area contributed by atoms with Crippen LogP contribution in [0.15, 0.2) is 83.8 Å². The number of hydrogen-bond donors (Lipinski definition) is 1. The number of benzene rings is 3.